The van der Waals surface area contributed by atoms with Crippen LogP contribution in [0.3, 0.4) is 0 Å². The maximum absolute atomic E-state index is 10.2. The minimum atomic E-state index is -6.00. The molecule has 5 heavy (non-hydrogen) atoms. The second-order valence-electron chi connectivity index (χ2n) is 0.393. The first-order valence-corrected chi connectivity index (χ1v) is 2.70. The summed E-state index contributed by atoms with van der Waals surface area (Å²) >= 11 is -6.00. The van der Waals surface area contributed by atoms with E-state index in [9.17, 15) is 3.52 Å². The molecule has 0 saturated heterocycles. The predicted octanol–water partition coefficient (Wildman–Crippen LogP) is 0.0613. The van der Waals surface area contributed by atoms with Gasteiger partial charge in [0.05, 0.1) is 0 Å². The molecule has 0 spiro atoms. The number of hydrogen-bond donors (Lipinski definition) is 0. The van der Waals surface area contributed by atoms with Crippen molar-refractivity contribution in [3.05, 3.63) is 0 Å². The molecule has 31 valence electrons. The van der Waals surface area contributed by atoms with Crippen molar-refractivity contribution < 1.29 is 28.3 Å². The van der Waals surface area contributed by atoms with Crippen LogP contribution < -0.4 is 0 Å². The molecule has 0 aromatic heterocycles. The molecule has 3 nitrogen and oxygen atoms in total. The fraction of sp³-hybridized carbons (Fsp3) is 0. The zero-order valence-electron chi connectivity index (χ0n) is 2.01. The Bertz CT molecular complexity index is 128. The average Bonchev–Trinajstić information content (AvgIpc) is 0.722. The standard InChI is InChI=1S/Cr.FH.3O/h;1H;;;/q+1;;;;/p-1. The molecule has 0 heterocycles. The van der Waals surface area contributed by atoms with Crippen molar-refractivity contribution in [1.82, 2.24) is 0 Å². The third-order valence-corrected chi connectivity index (χ3v) is 0. The maximum atomic E-state index is 10.2. The Morgan fingerprint density at radius 1 is 1.20 bits per heavy atom. The molecule has 0 saturated carbocycles. The van der Waals surface area contributed by atoms with Crippen molar-refractivity contribution in [3.8, 4) is 0 Å². The minimum absolute atomic E-state index is 6.00. The van der Waals surface area contributed by atoms with Gasteiger partial charge in [0.2, 0.25) is 0 Å². The van der Waals surface area contributed by atoms with E-state index in [4.69, 9.17) is 11.4 Å². The van der Waals surface area contributed by atoms with E-state index >= 15 is 0 Å². The van der Waals surface area contributed by atoms with Gasteiger partial charge in [0, 0.05) is 0 Å². The molecule has 0 atom stereocenters. The number of rotatable bonds is 0. The molecule has 0 radical (unpaired) electrons. The van der Waals surface area contributed by atoms with Crippen molar-refractivity contribution in [2.75, 3.05) is 0 Å². The van der Waals surface area contributed by atoms with Crippen LogP contribution in [0.4, 0.5) is 3.52 Å². The van der Waals surface area contributed by atoms with Gasteiger partial charge in [-0.2, -0.15) is 0 Å². The number of halogens is 1. The van der Waals surface area contributed by atoms with Crippen molar-refractivity contribution in [3.63, 3.8) is 0 Å². The molecule has 0 unspecified atom stereocenters. The molecular weight excluding hydrogens is 119 g/mol. The summed E-state index contributed by atoms with van der Waals surface area (Å²) in [7, 11) is 0. The first kappa shape index (κ1) is 4.86. The molecule has 0 rings (SSSR count). The summed E-state index contributed by atoms with van der Waals surface area (Å²) in [5.74, 6) is 0. The van der Waals surface area contributed by atoms with Crippen LogP contribution in [-0.2, 0) is 24.8 Å². The third kappa shape index (κ3) is 708. The van der Waals surface area contributed by atoms with Crippen LogP contribution in [-0.4, -0.2) is 0 Å². The van der Waals surface area contributed by atoms with Gasteiger partial charge in [-0.05, 0) is 0 Å². The van der Waals surface area contributed by atoms with E-state index < -0.39 is 13.3 Å². The van der Waals surface area contributed by atoms with Crippen LogP contribution >= 0.6 is 0 Å². The Balaban J connectivity index is 4.87. The second-order valence-corrected chi connectivity index (χ2v) is 1.62. The Labute approximate surface area is 29.2 Å². The molecule has 0 aromatic carbocycles. The van der Waals surface area contributed by atoms with Crippen LogP contribution in [0.5, 0.6) is 0 Å². The monoisotopic (exact) mass is 119 g/mol. The summed E-state index contributed by atoms with van der Waals surface area (Å²) in [6.45, 7) is 0. The molecule has 0 fully saturated rings. The van der Waals surface area contributed by atoms with Gasteiger partial charge in [0.25, 0.3) is 0 Å². The van der Waals surface area contributed by atoms with Gasteiger partial charge in [-0.3, -0.25) is 0 Å². The second kappa shape index (κ2) is 0.921. The predicted molar refractivity (Wildman–Crippen MR) is 3.17 cm³/mol. The van der Waals surface area contributed by atoms with E-state index in [1.165, 1.54) is 0 Å². The fourth-order valence-corrected chi connectivity index (χ4v) is 0. The third-order valence-electron chi connectivity index (χ3n) is 0. The van der Waals surface area contributed by atoms with Gasteiger partial charge >= 0.3 is 28.3 Å². The normalized spacial score (nSPS) is 11.4. The van der Waals surface area contributed by atoms with Gasteiger partial charge in [-0.25, -0.2) is 0 Å². The molecule has 0 aliphatic carbocycles. The summed E-state index contributed by atoms with van der Waals surface area (Å²) in [6, 6.07) is 0. The molecule has 0 N–H and O–H groups in total. The van der Waals surface area contributed by atoms with Crippen LogP contribution in [0.2, 0.25) is 0 Å². The van der Waals surface area contributed by atoms with E-state index in [0.717, 1.165) is 0 Å². The van der Waals surface area contributed by atoms with E-state index in [2.05, 4.69) is 0 Å². The quantitative estimate of drug-likeness (QED) is 0.453. The summed E-state index contributed by atoms with van der Waals surface area (Å²) in [5, 5.41) is 0. The van der Waals surface area contributed by atoms with Gasteiger partial charge in [0.1, 0.15) is 0 Å². The van der Waals surface area contributed by atoms with Crippen LogP contribution in [0.1, 0.15) is 0 Å². The van der Waals surface area contributed by atoms with Crippen molar-refractivity contribution >= 4 is 0 Å². The molecule has 5 heteroatoms. The average molecular weight is 119 g/mol. The van der Waals surface area contributed by atoms with Crippen molar-refractivity contribution in [2.24, 2.45) is 0 Å². The van der Waals surface area contributed by atoms with E-state index in [0.29, 0.717) is 0 Å². The van der Waals surface area contributed by atoms with Crippen LogP contribution in [0, 0.1) is 0 Å². The molecular formula is CrFO3. The van der Waals surface area contributed by atoms with Gasteiger partial charge < -0.3 is 0 Å². The van der Waals surface area contributed by atoms with E-state index in [-0.39, 0.29) is 0 Å². The topological polar surface area (TPSA) is 51.2 Å². The molecule has 0 aliphatic rings. The van der Waals surface area contributed by atoms with Crippen molar-refractivity contribution in [1.29, 1.82) is 0 Å². The Morgan fingerprint density at radius 3 is 1.20 bits per heavy atom. The van der Waals surface area contributed by atoms with Gasteiger partial charge in [0.15, 0.2) is 0 Å². The Morgan fingerprint density at radius 2 is 1.20 bits per heavy atom. The van der Waals surface area contributed by atoms with E-state index in [1.807, 2.05) is 0 Å². The van der Waals surface area contributed by atoms with Crippen LogP contribution in [0.15, 0.2) is 0 Å². The zero-order chi connectivity index (χ0) is 4.50. The Hall–Kier alpha value is -0.138. The molecule has 0 bridgehead atoms. The first-order valence-electron chi connectivity index (χ1n) is 0.654. The van der Waals surface area contributed by atoms with Crippen LogP contribution in [0.25, 0.3) is 0 Å². The van der Waals surface area contributed by atoms with E-state index in [1.54, 1.807) is 0 Å². The summed E-state index contributed by atoms with van der Waals surface area (Å²) in [5.41, 5.74) is 0. The van der Waals surface area contributed by atoms with Gasteiger partial charge in [-0.1, -0.05) is 0 Å². The zero-order valence-corrected chi connectivity index (χ0v) is 3.29. The van der Waals surface area contributed by atoms with Crippen molar-refractivity contribution in [2.45, 2.75) is 0 Å². The Kier molecular flexibility index (Phi) is 0.896. The first-order chi connectivity index (χ1) is 2.00. The summed E-state index contributed by atoms with van der Waals surface area (Å²) < 4.78 is 35.6. The SMILES string of the molecule is [O]=[Cr](=[O])(=[O])[F]. The molecule has 0 aliphatic heterocycles. The number of hydrogen-bond acceptors (Lipinski definition) is 3. The summed E-state index contributed by atoms with van der Waals surface area (Å²) in [4.78, 5) is 0. The molecule has 0 amide bonds. The summed E-state index contributed by atoms with van der Waals surface area (Å²) in [6.07, 6.45) is 0. The fourth-order valence-electron chi connectivity index (χ4n) is 0. The van der Waals surface area contributed by atoms with Gasteiger partial charge in [-0.15, -0.1) is 0 Å². The molecule has 0 aromatic rings.